The highest BCUT2D eigenvalue weighted by Crippen LogP contribution is 2.40. The molecule has 0 saturated heterocycles. The monoisotopic (exact) mass is 601 g/mol. The van der Waals surface area contributed by atoms with Gasteiger partial charge in [0.25, 0.3) is 5.56 Å². The van der Waals surface area contributed by atoms with Crippen LogP contribution in [-0.2, 0) is 22.4 Å². The van der Waals surface area contributed by atoms with Gasteiger partial charge < -0.3 is 10.1 Å². The first-order chi connectivity index (χ1) is 20.0. The number of hydrogen-bond donors (Lipinski definition) is 1. The Morgan fingerprint density at radius 1 is 1.02 bits per heavy atom. The summed E-state index contributed by atoms with van der Waals surface area (Å²) in [4.78, 5) is 47.8. The minimum absolute atomic E-state index is 0.00804. The molecule has 1 amide bonds. The highest BCUT2D eigenvalue weighted by molar-refractivity contribution is 7.99. The number of carbonyl (C=O) groups excluding carboxylic acids is 2. The molecular formula is C31H27N3O4S3. The van der Waals surface area contributed by atoms with Crippen molar-refractivity contribution >= 4 is 61.5 Å². The zero-order valence-corrected chi connectivity index (χ0v) is 25.0. The number of nitrogens with zero attached hydrogens (tertiary/aromatic N) is 2. The van der Waals surface area contributed by atoms with Gasteiger partial charge in [-0.15, -0.1) is 22.7 Å². The van der Waals surface area contributed by atoms with Crippen LogP contribution in [-0.4, -0.2) is 34.3 Å². The highest BCUT2D eigenvalue weighted by atomic mass is 32.2. The number of thiophene rings is 2. The number of carbonyl (C=O) groups is 2. The van der Waals surface area contributed by atoms with E-state index in [1.165, 1.54) is 35.1 Å². The molecule has 1 N–H and O–H groups in total. The summed E-state index contributed by atoms with van der Waals surface area (Å²) < 4.78 is 6.70. The lowest BCUT2D eigenvalue weighted by atomic mass is 9.97. The molecule has 0 unspecified atom stereocenters. The number of anilines is 1. The molecule has 3 heterocycles. The fourth-order valence-electron chi connectivity index (χ4n) is 5.26. The Morgan fingerprint density at radius 2 is 1.73 bits per heavy atom. The van der Waals surface area contributed by atoms with E-state index in [-0.39, 0.29) is 17.2 Å². The first-order valence-electron chi connectivity index (χ1n) is 13.3. The van der Waals surface area contributed by atoms with Crippen molar-refractivity contribution < 1.29 is 14.3 Å². The van der Waals surface area contributed by atoms with Crippen molar-refractivity contribution in [3.8, 4) is 16.8 Å². The standard InChI is InChI=1S/C31H27N3O4S3/c1-18-24(19-11-5-3-6-12-19)26(30(37)38-2)28(40-18)32-23(35)17-39-31-33-27-25(21-15-9-10-16-22(21)41-27)29(36)34(31)20-13-7-4-8-14-20/h3-8,11-14H,9-10,15-17H2,1-2H3,(H,32,35). The third-order valence-corrected chi connectivity index (χ3v) is 10.2. The summed E-state index contributed by atoms with van der Waals surface area (Å²) in [5.74, 6) is -0.808. The minimum atomic E-state index is -0.511. The predicted molar refractivity (Wildman–Crippen MR) is 167 cm³/mol. The van der Waals surface area contributed by atoms with E-state index in [0.717, 1.165) is 52.1 Å². The molecule has 0 fully saturated rings. The number of esters is 1. The highest BCUT2D eigenvalue weighted by Gasteiger charge is 2.26. The quantitative estimate of drug-likeness (QED) is 0.124. The lowest BCUT2D eigenvalue weighted by Gasteiger charge is -2.13. The molecule has 0 saturated carbocycles. The molecule has 0 aliphatic heterocycles. The van der Waals surface area contributed by atoms with E-state index in [1.54, 1.807) is 15.9 Å². The first kappa shape index (κ1) is 27.4. The molecule has 10 heteroatoms. The summed E-state index contributed by atoms with van der Waals surface area (Å²) in [6, 6.07) is 19.0. The number of aryl methyl sites for hydroxylation is 3. The van der Waals surface area contributed by atoms with Gasteiger partial charge in [-0.2, -0.15) is 0 Å². The Kier molecular flexibility index (Phi) is 7.79. The Hall–Kier alpha value is -3.73. The average Bonchev–Trinajstić information content (AvgIpc) is 3.53. The molecule has 0 atom stereocenters. The number of fused-ring (bicyclic) bond motifs is 3. The van der Waals surface area contributed by atoms with Crippen LogP contribution in [0.1, 0.15) is 38.5 Å². The number of hydrogen-bond acceptors (Lipinski definition) is 8. The summed E-state index contributed by atoms with van der Waals surface area (Å²) in [6.45, 7) is 1.92. The number of methoxy groups -OCH3 is 1. The first-order valence-corrected chi connectivity index (χ1v) is 15.9. The fraction of sp³-hybridized carbons (Fsp3) is 0.226. The third-order valence-electron chi connectivity index (χ3n) is 7.09. The van der Waals surface area contributed by atoms with Gasteiger partial charge in [0.1, 0.15) is 15.4 Å². The lowest BCUT2D eigenvalue weighted by molar-refractivity contribution is -0.113. The van der Waals surface area contributed by atoms with Gasteiger partial charge in [0.05, 0.1) is 23.9 Å². The van der Waals surface area contributed by atoms with Crippen molar-refractivity contribution in [3.05, 3.63) is 91.9 Å². The summed E-state index contributed by atoms with van der Waals surface area (Å²) in [6.07, 6.45) is 4.06. The van der Waals surface area contributed by atoms with Gasteiger partial charge in [0.15, 0.2) is 5.16 Å². The molecule has 0 spiro atoms. The van der Waals surface area contributed by atoms with Crippen molar-refractivity contribution in [2.24, 2.45) is 0 Å². The molecule has 41 heavy (non-hydrogen) atoms. The molecule has 208 valence electrons. The molecule has 6 rings (SSSR count). The third kappa shape index (κ3) is 5.23. The van der Waals surface area contributed by atoms with Crippen LogP contribution in [0.5, 0.6) is 0 Å². The second kappa shape index (κ2) is 11.6. The maximum Gasteiger partial charge on any atom is 0.341 e. The van der Waals surface area contributed by atoms with Gasteiger partial charge in [0, 0.05) is 15.3 Å². The number of amides is 1. The zero-order chi connectivity index (χ0) is 28.5. The second-order valence-electron chi connectivity index (χ2n) is 9.69. The predicted octanol–water partition coefficient (Wildman–Crippen LogP) is 6.88. The maximum atomic E-state index is 13.9. The molecule has 7 nitrogen and oxygen atoms in total. The van der Waals surface area contributed by atoms with E-state index in [9.17, 15) is 14.4 Å². The van der Waals surface area contributed by atoms with Crippen LogP contribution in [0, 0.1) is 6.92 Å². The molecule has 5 aromatic rings. The van der Waals surface area contributed by atoms with Crippen LogP contribution in [0.2, 0.25) is 0 Å². The Balaban J connectivity index is 1.33. The van der Waals surface area contributed by atoms with E-state index in [2.05, 4.69) is 5.32 Å². The van der Waals surface area contributed by atoms with Gasteiger partial charge >= 0.3 is 5.97 Å². The van der Waals surface area contributed by atoms with E-state index in [1.807, 2.05) is 67.6 Å². The van der Waals surface area contributed by atoms with Crippen molar-refractivity contribution in [2.45, 2.75) is 37.8 Å². The topological polar surface area (TPSA) is 90.3 Å². The number of thioether (sulfide) groups is 1. The number of para-hydroxylation sites is 1. The van der Waals surface area contributed by atoms with E-state index < -0.39 is 5.97 Å². The van der Waals surface area contributed by atoms with Crippen LogP contribution in [0.3, 0.4) is 0 Å². The van der Waals surface area contributed by atoms with Crippen LogP contribution in [0.15, 0.2) is 70.6 Å². The lowest BCUT2D eigenvalue weighted by Crippen LogP contribution is -2.23. The van der Waals surface area contributed by atoms with Gasteiger partial charge in [0.2, 0.25) is 5.91 Å². The summed E-state index contributed by atoms with van der Waals surface area (Å²) in [5.41, 5.74) is 3.70. The fourth-order valence-corrected chi connectivity index (χ4v) is 8.46. The Labute approximate surface area is 249 Å². The summed E-state index contributed by atoms with van der Waals surface area (Å²) in [5, 5.41) is 4.52. The molecule has 0 radical (unpaired) electrons. The van der Waals surface area contributed by atoms with Crippen molar-refractivity contribution in [1.82, 2.24) is 9.55 Å². The average molecular weight is 602 g/mol. The van der Waals surface area contributed by atoms with Gasteiger partial charge in [-0.05, 0) is 55.9 Å². The van der Waals surface area contributed by atoms with Crippen molar-refractivity contribution in [2.75, 3.05) is 18.2 Å². The van der Waals surface area contributed by atoms with E-state index >= 15 is 0 Å². The summed E-state index contributed by atoms with van der Waals surface area (Å²) in [7, 11) is 1.33. The summed E-state index contributed by atoms with van der Waals surface area (Å²) >= 11 is 4.14. The Bertz CT molecular complexity index is 1820. The van der Waals surface area contributed by atoms with Crippen molar-refractivity contribution in [3.63, 3.8) is 0 Å². The van der Waals surface area contributed by atoms with Crippen LogP contribution in [0.4, 0.5) is 5.00 Å². The van der Waals surface area contributed by atoms with Gasteiger partial charge in [-0.3, -0.25) is 14.2 Å². The largest absolute Gasteiger partial charge is 0.465 e. The molecular weight excluding hydrogens is 575 g/mol. The number of nitrogens with one attached hydrogen (secondary N) is 1. The molecule has 1 aliphatic rings. The van der Waals surface area contributed by atoms with Gasteiger partial charge in [-0.25, -0.2) is 9.78 Å². The molecule has 1 aliphatic carbocycles. The zero-order valence-electron chi connectivity index (χ0n) is 22.6. The second-order valence-corrected chi connectivity index (χ2v) is 12.9. The molecule has 3 aromatic heterocycles. The number of aromatic nitrogens is 2. The van der Waals surface area contributed by atoms with Crippen LogP contribution in [0.25, 0.3) is 27.0 Å². The number of rotatable bonds is 7. The minimum Gasteiger partial charge on any atom is -0.465 e. The number of ether oxygens (including phenoxy) is 1. The smallest absolute Gasteiger partial charge is 0.341 e. The SMILES string of the molecule is COC(=O)c1c(NC(=O)CSc2nc3sc4c(c3c(=O)n2-c2ccccc2)CCCC4)sc(C)c1-c1ccccc1. The van der Waals surface area contributed by atoms with Crippen LogP contribution >= 0.6 is 34.4 Å². The van der Waals surface area contributed by atoms with Crippen LogP contribution < -0.4 is 10.9 Å². The van der Waals surface area contributed by atoms with E-state index in [0.29, 0.717) is 26.8 Å². The number of benzene rings is 2. The van der Waals surface area contributed by atoms with Gasteiger partial charge in [-0.1, -0.05) is 60.3 Å². The van der Waals surface area contributed by atoms with E-state index in [4.69, 9.17) is 9.72 Å². The molecule has 0 bridgehead atoms. The van der Waals surface area contributed by atoms with Crippen molar-refractivity contribution in [1.29, 1.82) is 0 Å². The maximum absolute atomic E-state index is 13.9. The Morgan fingerprint density at radius 3 is 2.46 bits per heavy atom. The normalized spacial score (nSPS) is 12.7. The molecule has 2 aromatic carbocycles.